The van der Waals surface area contributed by atoms with Crippen LogP contribution in [-0.2, 0) is 21.8 Å². The molecule has 2 aromatic rings. The van der Waals surface area contributed by atoms with Crippen LogP contribution < -0.4 is 14.2 Å². The molecule has 1 aromatic heterocycles. The van der Waals surface area contributed by atoms with Gasteiger partial charge in [-0.1, -0.05) is 0 Å². The highest BCUT2D eigenvalue weighted by molar-refractivity contribution is 7.92. The fourth-order valence-corrected chi connectivity index (χ4v) is 3.55. The number of hydrogen-bond donors (Lipinski definition) is 1. The third kappa shape index (κ3) is 4.94. The molecule has 0 amide bonds. The molecular formula is C18H24N2O6S. The van der Waals surface area contributed by atoms with Crippen LogP contribution in [0.1, 0.15) is 31.3 Å². The monoisotopic (exact) mass is 396 g/mol. The van der Waals surface area contributed by atoms with E-state index in [4.69, 9.17) is 14.2 Å². The first kappa shape index (κ1) is 20.6. The Kier molecular flexibility index (Phi) is 6.73. The van der Waals surface area contributed by atoms with Crippen LogP contribution in [0.2, 0.25) is 0 Å². The second-order valence-electron chi connectivity index (χ2n) is 5.52. The van der Waals surface area contributed by atoms with Gasteiger partial charge in [0.2, 0.25) is 0 Å². The highest BCUT2D eigenvalue weighted by Crippen LogP contribution is 2.31. The van der Waals surface area contributed by atoms with Gasteiger partial charge in [0.05, 0.1) is 25.5 Å². The van der Waals surface area contributed by atoms with E-state index < -0.39 is 16.0 Å². The average Bonchev–Trinajstić information content (AvgIpc) is 3.00. The fraction of sp³-hybridized carbons (Fsp3) is 0.389. The van der Waals surface area contributed by atoms with Gasteiger partial charge in [0.15, 0.2) is 0 Å². The Balaban J connectivity index is 2.37. The third-order valence-electron chi connectivity index (χ3n) is 3.58. The molecule has 148 valence electrons. The SMILES string of the molecule is CCOC(=O)c1cc(S(=O)(=O)Nc2cc(OCC)ccc2OCC)cn1C. The summed E-state index contributed by atoms with van der Waals surface area (Å²) in [6, 6.07) is 6.17. The van der Waals surface area contributed by atoms with Crippen molar-refractivity contribution in [1.29, 1.82) is 0 Å². The van der Waals surface area contributed by atoms with Crippen LogP contribution in [0.5, 0.6) is 11.5 Å². The number of nitrogens with one attached hydrogen (secondary N) is 1. The number of carbonyl (C=O) groups is 1. The number of carbonyl (C=O) groups excluding carboxylic acids is 1. The summed E-state index contributed by atoms with van der Waals surface area (Å²) in [7, 11) is -2.37. The molecule has 0 unspecified atom stereocenters. The lowest BCUT2D eigenvalue weighted by Gasteiger charge is -2.14. The summed E-state index contributed by atoms with van der Waals surface area (Å²) in [5.41, 5.74) is 0.398. The molecule has 0 saturated heterocycles. The van der Waals surface area contributed by atoms with Gasteiger partial charge in [0.1, 0.15) is 22.1 Å². The van der Waals surface area contributed by atoms with Crippen molar-refractivity contribution in [2.24, 2.45) is 7.05 Å². The molecular weight excluding hydrogens is 372 g/mol. The van der Waals surface area contributed by atoms with Crippen LogP contribution in [0.15, 0.2) is 35.4 Å². The summed E-state index contributed by atoms with van der Waals surface area (Å²) in [5.74, 6) is 0.305. The number of esters is 1. The predicted octanol–water partition coefficient (Wildman–Crippen LogP) is 2.80. The van der Waals surface area contributed by atoms with E-state index in [1.54, 1.807) is 39.1 Å². The van der Waals surface area contributed by atoms with Gasteiger partial charge in [-0.15, -0.1) is 0 Å². The predicted molar refractivity (Wildman–Crippen MR) is 101 cm³/mol. The molecule has 0 aliphatic rings. The standard InChI is InChI=1S/C18H24N2O6S/c1-5-24-13-8-9-17(25-6-2)15(10-13)19-27(22,23)14-11-16(20(4)12-14)18(21)26-7-3/h8-12,19H,5-7H2,1-4H3. The smallest absolute Gasteiger partial charge is 0.354 e. The van der Waals surface area contributed by atoms with E-state index in [-0.39, 0.29) is 22.9 Å². The minimum atomic E-state index is -3.95. The summed E-state index contributed by atoms with van der Waals surface area (Å²) in [4.78, 5) is 11.9. The zero-order chi connectivity index (χ0) is 20.0. The molecule has 0 aliphatic heterocycles. The number of aromatic nitrogens is 1. The number of aryl methyl sites for hydroxylation is 1. The molecule has 2 rings (SSSR count). The molecule has 1 N–H and O–H groups in total. The van der Waals surface area contributed by atoms with Crippen LogP contribution in [0.4, 0.5) is 5.69 Å². The maximum atomic E-state index is 12.8. The fourth-order valence-electron chi connectivity index (χ4n) is 2.42. The molecule has 0 radical (unpaired) electrons. The van der Waals surface area contributed by atoms with Gasteiger partial charge in [-0.25, -0.2) is 13.2 Å². The molecule has 9 heteroatoms. The van der Waals surface area contributed by atoms with Crippen LogP contribution >= 0.6 is 0 Å². The van der Waals surface area contributed by atoms with E-state index in [2.05, 4.69) is 4.72 Å². The summed E-state index contributed by atoms with van der Waals surface area (Å²) < 4.78 is 45.4. The topological polar surface area (TPSA) is 95.9 Å². The first-order valence-corrected chi connectivity index (χ1v) is 10.1. The summed E-state index contributed by atoms with van der Waals surface area (Å²) in [6.45, 7) is 6.34. The van der Waals surface area contributed by atoms with Crippen LogP contribution in [0.25, 0.3) is 0 Å². The average molecular weight is 396 g/mol. The summed E-state index contributed by atoms with van der Waals surface area (Å²) in [6.07, 6.45) is 1.35. The van der Waals surface area contributed by atoms with Gasteiger partial charge in [-0.3, -0.25) is 4.72 Å². The van der Waals surface area contributed by atoms with Crippen molar-refractivity contribution in [3.05, 3.63) is 36.2 Å². The molecule has 1 heterocycles. The van der Waals surface area contributed by atoms with E-state index in [1.165, 1.54) is 16.8 Å². The molecule has 0 aliphatic carbocycles. The second-order valence-corrected chi connectivity index (χ2v) is 7.20. The lowest BCUT2D eigenvalue weighted by Crippen LogP contribution is -2.13. The van der Waals surface area contributed by atoms with Gasteiger partial charge in [0, 0.05) is 19.3 Å². The highest BCUT2D eigenvalue weighted by Gasteiger charge is 2.23. The quantitative estimate of drug-likeness (QED) is 0.655. The van der Waals surface area contributed by atoms with Crippen molar-refractivity contribution in [3.63, 3.8) is 0 Å². The van der Waals surface area contributed by atoms with E-state index in [0.717, 1.165) is 0 Å². The van der Waals surface area contributed by atoms with Crippen molar-refractivity contribution >= 4 is 21.7 Å². The number of rotatable bonds is 9. The third-order valence-corrected chi connectivity index (χ3v) is 4.91. The number of anilines is 1. The minimum Gasteiger partial charge on any atom is -0.494 e. The Hall–Kier alpha value is -2.68. The molecule has 0 atom stereocenters. The Bertz CT molecular complexity index is 905. The lowest BCUT2D eigenvalue weighted by molar-refractivity contribution is 0.0515. The zero-order valence-electron chi connectivity index (χ0n) is 15.8. The van der Waals surface area contributed by atoms with E-state index in [1.807, 2.05) is 6.92 Å². The Morgan fingerprint density at radius 1 is 1.07 bits per heavy atom. The van der Waals surface area contributed by atoms with Crippen molar-refractivity contribution in [2.75, 3.05) is 24.5 Å². The van der Waals surface area contributed by atoms with E-state index in [0.29, 0.717) is 24.7 Å². The second kappa shape index (κ2) is 8.81. The molecule has 27 heavy (non-hydrogen) atoms. The largest absolute Gasteiger partial charge is 0.494 e. The van der Waals surface area contributed by atoms with Gasteiger partial charge < -0.3 is 18.8 Å². The van der Waals surface area contributed by atoms with Crippen molar-refractivity contribution in [2.45, 2.75) is 25.7 Å². The Morgan fingerprint density at radius 3 is 2.41 bits per heavy atom. The minimum absolute atomic E-state index is 0.0580. The Morgan fingerprint density at radius 2 is 1.78 bits per heavy atom. The van der Waals surface area contributed by atoms with Crippen LogP contribution in [0, 0.1) is 0 Å². The van der Waals surface area contributed by atoms with Gasteiger partial charge >= 0.3 is 5.97 Å². The number of nitrogens with zero attached hydrogens (tertiary/aromatic N) is 1. The number of ether oxygens (including phenoxy) is 3. The van der Waals surface area contributed by atoms with Crippen molar-refractivity contribution in [3.8, 4) is 11.5 Å². The van der Waals surface area contributed by atoms with Crippen molar-refractivity contribution < 1.29 is 27.4 Å². The van der Waals surface area contributed by atoms with E-state index in [9.17, 15) is 13.2 Å². The molecule has 1 aromatic carbocycles. The number of sulfonamides is 1. The molecule has 0 bridgehead atoms. The number of benzene rings is 1. The summed E-state index contributed by atoms with van der Waals surface area (Å²) in [5, 5.41) is 0. The molecule has 8 nitrogen and oxygen atoms in total. The molecule has 0 saturated carbocycles. The lowest BCUT2D eigenvalue weighted by atomic mass is 10.3. The van der Waals surface area contributed by atoms with Crippen molar-refractivity contribution in [1.82, 2.24) is 4.57 Å². The first-order valence-electron chi connectivity index (χ1n) is 8.58. The maximum Gasteiger partial charge on any atom is 0.354 e. The van der Waals surface area contributed by atoms with Gasteiger partial charge in [0.25, 0.3) is 10.0 Å². The zero-order valence-corrected chi connectivity index (χ0v) is 16.6. The number of hydrogen-bond acceptors (Lipinski definition) is 6. The van der Waals surface area contributed by atoms with E-state index >= 15 is 0 Å². The summed E-state index contributed by atoms with van der Waals surface area (Å²) >= 11 is 0. The highest BCUT2D eigenvalue weighted by atomic mass is 32.2. The first-order chi connectivity index (χ1) is 12.8. The maximum absolute atomic E-state index is 12.8. The van der Waals surface area contributed by atoms with Crippen LogP contribution in [0.3, 0.4) is 0 Å². The normalized spacial score (nSPS) is 11.1. The van der Waals surface area contributed by atoms with Gasteiger partial charge in [-0.2, -0.15) is 0 Å². The Labute approximate surface area is 159 Å². The molecule has 0 spiro atoms. The van der Waals surface area contributed by atoms with Gasteiger partial charge in [-0.05, 0) is 39.0 Å². The van der Waals surface area contributed by atoms with Crippen LogP contribution in [-0.4, -0.2) is 38.8 Å². The molecule has 0 fully saturated rings.